The number of aromatic nitrogens is 6. The molecule has 9 nitrogen and oxygen atoms in total. The van der Waals surface area contributed by atoms with Crippen LogP contribution in [0.15, 0.2) is 29.1 Å². The van der Waals surface area contributed by atoms with Gasteiger partial charge in [-0.25, -0.2) is 9.36 Å². The first-order valence-electron chi connectivity index (χ1n) is 8.65. The number of alkyl halides is 3. The molecular weight excluding hydrogens is 427 g/mol. The lowest BCUT2D eigenvalue weighted by Crippen LogP contribution is -2.27. The van der Waals surface area contributed by atoms with Crippen molar-refractivity contribution < 1.29 is 18.0 Å². The number of rotatable bonds is 5. The van der Waals surface area contributed by atoms with E-state index < -0.39 is 23.2 Å². The average Bonchev–Trinajstić information content (AvgIpc) is 3.11. The largest absolute Gasteiger partial charge is 0.416 e. The summed E-state index contributed by atoms with van der Waals surface area (Å²) >= 11 is 6.27. The molecule has 30 heavy (non-hydrogen) atoms. The van der Waals surface area contributed by atoms with Gasteiger partial charge in [0.05, 0.1) is 16.1 Å². The molecule has 158 valence electrons. The van der Waals surface area contributed by atoms with Gasteiger partial charge in [-0.3, -0.25) is 14.9 Å². The molecule has 0 aliphatic rings. The molecule has 0 unspecified atom stereocenters. The number of nitrogens with one attached hydrogen (secondary N) is 1. The summed E-state index contributed by atoms with van der Waals surface area (Å²) in [5.74, 6) is -0.722. The maximum Gasteiger partial charge on any atom is 0.416 e. The number of amides is 1. The predicted molar refractivity (Wildman–Crippen MR) is 101 cm³/mol. The minimum atomic E-state index is -4.53. The Balaban J connectivity index is 2.02. The second-order valence-electron chi connectivity index (χ2n) is 6.22. The molecule has 0 saturated carbocycles. The fourth-order valence-electron chi connectivity index (χ4n) is 2.65. The minimum absolute atomic E-state index is 0.0599. The predicted octanol–water partition coefficient (Wildman–Crippen LogP) is 2.77. The standard InChI is InChI=1S/C17H15ClF3N7O2/c1-3-8-28-16(23-25-26-28)22-14(29)13-12(18)11(15(30)27(2)24-13)9-4-6-10(7-5-9)17(19,20)21/h4-7H,3,8H2,1-2H3,(H,22,23,26,29). The molecule has 0 spiro atoms. The number of hydrogen-bond acceptors (Lipinski definition) is 6. The Morgan fingerprint density at radius 2 is 1.90 bits per heavy atom. The van der Waals surface area contributed by atoms with Gasteiger partial charge >= 0.3 is 6.18 Å². The molecule has 1 N–H and O–H groups in total. The molecule has 0 aliphatic carbocycles. The molecule has 2 aromatic heterocycles. The first-order valence-corrected chi connectivity index (χ1v) is 9.03. The van der Waals surface area contributed by atoms with Crippen molar-refractivity contribution in [3.05, 3.63) is 50.9 Å². The van der Waals surface area contributed by atoms with E-state index in [4.69, 9.17) is 11.6 Å². The van der Waals surface area contributed by atoms with Crippen molar-refractivity contribution in [1.82, 2.24) is 30.0 Å². The summed E-state index contributed by atoms with van der Waals surface area (Å²) in [7, 11) is 1.30. The lowest BCUT2D eigenvalue weighted by atomic mass is 10.0. The normalized spacial score (nSPS) is 11.5. The van der Waals surface area contributed by atoms with Gasteiger partial charge in [0.2, 0.25) is 5.95 Å². The zero-order chi connectivity index (χ0) is 22.1. The van der Waals surface area contributed by atoms with Crippen LogP contribution in [0.5, 0.6) is 0 Å². The molecule has 0 saturated heterocycles. The van der Waals surface area contributed by atoms with Gasteiger partial charge in [-0.1, -0.05) is 35.8 Å². The van der Waals surface area contributed by atoms with Gasteiger partial charge in [-0.05, 0) is 34.5 Å². The number of aryl methyl sites for hydroxylation is 2. The highest BCUT2D eigenvalue weighted by Gasteiger charge is 2.30. The highest BCUT2D eigenvalue weighted by Crippen LogP contribution is 2.32. The van der Waals surface area contributed by atoms with E-state index in [0.717, 1.165) is 28.9 Å². The van der Waals surface area contributed by atoms with Crippen molar-refractivity contribution >= 4 is 23.5 Å². The van der Waals surface area contributed by atoms with E-state index in [-0.39, 0.29) is 27.8 Å². The lowest BCUT2D eigenvalue weighted by molar-refractivity contribution is -0.137. The number of halogens is 4. The molecule has 13 heteroatoms. The number of anilines is 1. The van der Waals surface area contributed by atoms with Gasteiger partial charge < -0.3 is 0 Å². The molecule has 3 rings (SSSR count). The number of nitrogens with zero attached hydrogens (tertiary/aromatic N) is 6. The number of hydrogen-bond donors (Lipinski definition) is 1. The second kappa shape index (κ2) is 8.22. The van der Waals surface area contributed by atoms with Crippen LogP contribution in [0, 0.1) is 0 Å². The summed E-state index contributed by atoms with van der Waals surface area (Å²) < 4.78 is 40.7. The van der Waals surface area contributed by atoms with Crippen LogP contribution in [0.4, 0.5) is 19.1 Å². The minimum Gasteiger partial charge on any atom is -0.288 e. The van der Waals surface area contributed by atoms with E-state index in [1.165, 1.54) is 11.7 Å². The number of benzene rings is 1. The highest BCUT2D eigenvalue weighted by molar-refractivity contribution is 6.36. The molecule has 0 fully saturated rings. The van der Waals surface area contributed by atoms with Crippen molar-refractivity contribution in [3.63, 3.8) is 0 Å². The molecule has 0 aliphatic heterocycles. The van der Waals surface area contributed by atoms with Crippen molar-refractivity contribution in [3.8, 4) is 11.1 Å². The van der Waals surface area contributed by atoms with Crippen molar-refractivity contribution in [2.75, 3.05) is 5.32 Å². The second-order valence-corrected chi connectivity index (χ2v) is 6.60. The Kier molecular flexibility index (Phi) is 5.87. The molecule has 1 aromatic carbocycles. The Labute approximate surface area is 172 Å². The van der Waals surface area contributed by atoms with Gasteiger partial charge in [0.1, 0.15) is 0 Å². The fourth-order valence-corrected chi connectivity index (χ4v) is 2.97. The molecule has 2 heterocycles. The monoisotopic (exact) mass is 441 g/mol. The number of carbonyl (C=O) groups excluding carboxylic acids is 1. The van der Waals surface area contributed by atoms with Gasteiger partial charge in [0.15, 0.2) is 5.69 Å². The van der Waals surface area contributed by atoms with E-state index in [1.54, 1.807) is 0 Å². The summed E-state index contributed by atoms with van der Waals surface area (Å²) in [4.78, 5) is 25.2. The summed E-state index contributed by atoms with van der Waals surface area (Å²) in [6, 6.07) is 3.86. The van der Waals surface area contributed by atoms with Crippen molar-refractivity contribution in [1.29, 1.82) is 0 Å². The van der Waals surface area contributed by atoms with Crippen LogP contribution in [0.2, 0.25) is 5.02 Å². The average molecular weight is 442 g/mol. The van der Waals surface area contributed by atoms with E-state index >= 15 is 0 Å². The Hall–Kier alpha value is -3.28. The van der Waals surface area contributed by atoms with Crippen LogP contribution < -0.4 is 10.9 Å². The molecule has 3 aromatic rings. The Morgan fingerprint density at radius 3 is 2.50 bits per heavy atom. The summed E-state index contributed by atoms with van der Waals surface area (Å²) in [6.07, 6.45) is -3.82. The third-order valence-electron chi connectivity index (χ3n) is 4.09. The number of carbonyl (C=O) groups is 1. The fraction of sp³-hybridized carbons (Fsp3) is 0.294. The van der Waals surface area contributed by atoms with Gasteiger partial charge in [0, 0.05) is 13.6 Å². The molecule has 0 radical (unpaired) electrons. The maximum atomic E-state index is 12.8. The third-order valence-corrected chi connectivity index (χ3v) is 4.46. The van der Waals surface area contributed by atoms with E-state index in [9.17, 15) is 22.8 Å². The highest BCUT2D eigenvalue weighted by atomic mass is 35.5. The summed E-state index contributed by atoms with van der Waals surface area (Å²) in [6.45, 7) is 2.35. The van der Waals surface area contributed by atoms with E-state index in [2.05, 4.69) is 25.9 Å². The van der Waals surface area contributed by atoms with E-state index in [1.807, 2.05) is 6.92 Å². The Morgan fingerprint density at radius 1 is 1.23 bits per heavy atom. The first kappa shape index (κ1) is 21.4. The van der Waals surface area contributed by atoms with Gasteiger partial charge in [0.25, 0.3) is 11.5 Å². The molecule has 0 atom stereocenters. The summed E-state index contributed by atoms with van der Waals surface area (Å²) in [5.41, 5.74) is -1.90. The topological polar surface area (TPSA) is 108 Å². The van der Waals surface area contributed by atoms with Crippen LogP contribution in [0.1, 0.15) is 29.4 Å². The van der Waals surface area contributed by atoms with Crippen molar-refractivity contribution in [2.24, 2.45) is 7.05 Å². The quantitative estimate of drug-likeness (QED) is 0.652. The van der Waals surface area contributed by atoms with Gasteiger partial charge in [-0.2, -0.15) is 18.3 Å². The van der Waals surface area contributed by atoms with Crippen LogP contribution >= 0.6 is 11.6 Å². The maximum absolute atomic E-state index is 12.8. The van der Waals surface area contributed by atoms with Crippen molar-refractivity contribution in [2.45, 2.75) is 26.1 Å². The lowest BCUT2D eigenvalue weighted by Gasteiger charge is -2.12. The van der Waals surface area contributed by atoms with Crippen LogP contribution in [0.3, 0.4) is 0 Å². The van der Waals surface area contributed by atoms with Gasteiger partial charge in [-0.15, -0.1) is 0 Å². The zero-order valence-corrected chi connectivity index (χ0v) is 16.5. The van der Waals surface area contributed by atoms with E-state index in [0.29, 0.717) is 13.0 Å². The molecule has 1 amide bonds. The number of tetrazole rings is 1. The smallest absolute Gasteiger partial charge is 0.288 e. The van der Waals surface area contributed by atoms with Crippen LogP contribution in [-0.4, -0.2) is 35.9 Å². The first-order chi connectivity index (χ1) is 14.1. The van der Waals surface area contributed by atoms with Crippen LogP contribution in [-0.2, 0) is 19.8 Å². The molecular formula is C17H15ClF3N7O2. The Bertz CT molecular complexity index is 1140. The third kappa shape index (κ3) is 4.17. The molecule has 0 bridgehead atoms. The summed E-state index contributed by atoms with van der Waals surface area (Å²) in [5, 5.41) is 17.0. The zero-order valence-electron chi connectivity index (χ0n) is 15.7. The SMILES string of the molecule is CCCn1nnnc1NC(=O)c1nn(C)c(=O)c(-c2ccc(C(F)(F)F)cc2)c1Cl. The van der Waals surface area contributed by atoms with Crippen LogP contribution in [0.25, 0.3) is 11.1 Å².